The van der Waals surface area contributed by atoms with Crippen molar-refractivity contribution in [1.29, 1.82) is 0 Å². The Labute approximate surface area is 167 Å². The summed E-state index contributed by atoms with van der Waals surface area (Å²) in [6.07, 6.45) is 5.05. The van der Waals surface area contributed by atoms with E-state index in [2.05, 4.69) is 0 Å². The van der Waals surface area contributed by atoms with Crippen LogP contribution in [0.3, 0.4) is 0 Å². The minimum absolute atomic E-state index is 0.0823. The molecule has 0 bridgehead atoms. The van der Waals surface area contributed by atoms with E-state index in [1.165, 1.54) is 0 Å². The van der Waals surface area contributed by atoms with Crippen molar-refractivity contribution in [2.45, 2.75) is 50.2 Å². The smallest absolute Gasteiger partial charge is 0.227 e. The van der Waals surface area contributed by atoms with Gasteiger partial charge in [-0.2, -0.15) is 0 Å². The Hall–Kier alpha value is -2.33. The van der Waals surface area contributed by atoms with Crippen molar-refractivity contribution in [3.63, 3.8) is 0 Å². The monoisotopic (exact) mass is 379 g/mol. The zero-order valence-electron chi connectivity index (χ0n) is 16.5. The van der Waals surface area contributed by atoms with Gasteiger partial charge in [-0.25, -0.2) is 0 Å². The molecule has 3 atom stereocenters. The highest BCUT2D eigenvalue weighted by Crippen LogP contribution is 2.49. The van der Waals surface area contributed by atoms with Gasteiger partial charge in [0.15, 0.2) is 0 Å². The van der Waals surface area contributed by atoms with Crippen molar-refractivity contribution < 1.29 is 14.6 Å². The van der Waals surface area contributed by atoms with E-state index >= 15 is 0 Å². The molecule has 1 N–H and O–H groups in total. The number of amides is 1. The van der Waals surface area contributed by atoms with E-state index in [-0.39, 0.29) is 17.9 Å². The van der Waals surface area contributed by atoms with Gasteiger partial charge < -0.3 is 14.7 Å². The molecule has 1 saturated heterocycles. The van der Waals surface area contributed by atoms with Gasteiger partial charge in [0.25, 0.3) is 0 Å². The first-order chi connectivity index (χ1) is 13.6. The summed E-state index contributed by atoms with van der Waals surface area (Å²) in [5, 5.41) is 11.4. The number of methoxy groups -OCH3 is 1. The zero-order chi connectivity index (χ0) is 19.6. The van der Waals surface area contributed by atoms with Gasteiger partial charge in [-0.3, -0.25) is 4.79 Å². The van der Waals surface area contributed by atoms with Crippen LogP contribution in [0, 0.1) is 5.92 Å². The van der Waals surface area contributed by atoms with Gasteiger partial charge in [0.2, 0.25) is 5.91 Å². The summed E-state index contributed by atoms with van der Waals surface area (Å²) in [6.45, 7) is 0.607. The van der Waals surface area contributed by atoms with E-state index in [0.29, 0.717) is 19.4 Å². The predicted octanol–water partition coefficient (Wildman–Crippen LogP) is 4.13. The standard InChI is InChI=1S/C24H29NO3/c1-28-20-12-10-19(11-13-20)23-21-9-5-6-14-24(21,27)15-16-25(23)22(26)17-18-7-3-2-4-8-18/h2-4,7-8,10-13,21,23,27H,5-6,9,14-17H2,1H3/t21-,23+,24+/m0/s1. The fraction of sp³-hybridized carbons (Fsp3) is 0.458. The number of fused-ring (bicyclic) bond motifs is 1. The molecule has 4 heteroatoms. The van der Waals surface area contributed by atoms with E-state index in [0.717, 1.165) is 42.6 Å². The SMILES string of the molecule is COc1ccc([C@@H]2[C@@H]3CCCC[C@@]3(O)CCN2C(=O)Cc2ccccc2)cc1. The molecule has 2 fully saturated rings. The average Bonchev–Trinajstić information content (AvgIpc) is 2.73. The maximum atomic E-state index is 13.3. The molecule has 0 unspecified atom stereocenters. The number of hydrogen-bond donors (Lipinski definition) is 1. The predicted molar refractivity (Wildman–Crippen MR) is 109 cm³/mol. The van der Waals surface area contributed by atoms with Gasteiger partial charge in [0.1, 0.15) is 5.75 Å². The molecule has 2 aromatic rings. The molecule has 4 nitrogen and oxygen atoms in total. The second-order valence-electron chi connectivity index (χ2n) is 8.17. The number of likely N-dealkylation sites (tertiary alicyclic amines) is 1. The van der Waals surface area contributed by atoms with Crippen LogP contribution in [0.5, 0.6) is 5.75 Å². The zero-order valence-corrected chi connectivity index (χ0v) is 16.5. The summed E-state index contributed by atoms with van der Waals surface area (Å²) in [6, 6.07) is 17.8. The molecule has 28 heavy (non-hydrogen) atoms. The molecular weight excluding hydrogens is 350 g/mol. The molecule has 1 amide bonds. The maximum absolute atomic E-state index is 13.3. The first-order valence-corrected chi connectivity index (χ1v) is 10.3. The summed E-state index contributed by atoms with van der Waals surface area (Å²) < 4.78 is 5.31. The summed E-state index contributed by atoms with van der Waals surface area (Å²) in [4.78, 5) is 15.3. The van der Waals surface area contributed by atoms with Crippen molar-refractivity contribution in [2.24, 2.45) is 5.92 Å². The lowest BCUT2D eigenvalue weighted by atomic mass is 9.66. The van der Waals surface area contributed by atoms with Crippen LogP contribution in [0.15, 0.2) is 54.6 Å². The van der Waals surface area contributed by atoms with Gasteiger partial charge in [0.05, 0.1) is 25.2 Å². The highest BCUT2D eigenvalue weighted by Gasteiger charge is 2.50. The van der Waals surface area contributed by atoms with E-state index in [1.54, 1.807) is 7.11 Å². The van der Waals surface area contributed by atoms with Gasteiger partial charge in [-0.1, -0.05) is 55.3 Å². The first-order valence-electron chi connectivity index (χ1n) is 10.3. The van der Waals surface area contributed by atoms with Crippen molar-refractivity contribution in [2.75, 3.05) is 13.7 Å². The molecule has 4 rings (SSSR count). The lowest BCUT2D eigenvalue weighted by Gasteiger charge is -2.52. The highest BCUT2D eigenvalue weighted by atomic mass is 16.5. The summed E-state index contributed by atoms with van der Waals surface area (Å²) in [7, 11) is 1.66. The number of piperidine rings is 1. The molecule has 0 radical (unpaired) electrons. The lowest BCUT2D eigenvalue weighted by molar-refractivity contribution is -0.154. The number of rotatable bonds is 4. The van der Waals surface area contributed by atoms with Crippen molar-refractivity contribution in [3.8, 4) is 5.75 Å². The van der Waals surface area contributed by atoms with Crippen LogP contribution in [0.4, 0.5) is 0 Å². The largest absolute Gasteiger partial charge is 0.497 e. The van der Waals surface area contributed by atoms with Gasteiger partial charge in [-0.15, -0.1) is 0 Å². The van der Waals surface area contributed by atoms with Crippen LogP contribution in [0.1, 0.15) is 49.3 Å². The number of aliphatic hydroxyl groups is 1. The molecule has 2 aromatic carbocycles. The van der Waals surface area contributed by atoms with Gasteiger partial charge >= 0.3 is 0 Å². The summed E-state index contributed by atoms with van der Waals surface area (Å²) in [5.74, 6) is 1.03. The van der Waals surface area contributed by atoms with E-state index in [9.17, 15) is 9.90 Å². The normalized spacial score (nSPS) is 27.1. The highest BCUT2D eigenvalue weighted by molar-refractivity contribution is 5.79. The molecular formula is C24H29NO3. The maximum Gasteiger partial charge on any atom is 0.227 e. The van der Waals surface area contributed by atoms with E-state index < -0.39 is 5.60 Å². The van der Waals surface area contributed by atoms with Crippen molar-refractivity contribution in [1.82, 2.24) is 4.90 Å². The fourth-order valence-electron chi connectivity index (χ4n) is 5.05. The molecule has 148 valence electrons. The number of benzene rings is 2. The van der Waals surface area contributed by atoms with Crippen LogP contribution < -0.4 is 4.74 Å². The number of carbonyl (C=O) groups is 1. The molecule has 0 spiro atoms. The number of hydrogen-bond acceptors (Lipinski definition) is 3. The minimum Gasteiger partial charge on any atom is -0.497 e. The molecule has 1 aliphatic carbocycles. The Morgan fingerprint density at radius 2 is 1.86 bits per heavy atom. The van der Waals surface area contributed by atoms with Gasteiger partial charge in [-0.05, 0) is 42.5 Å². The molecule has 1 saturated carbocycles. The average molecular weight is 380 g/mol. The quantitative estimate of drug-likeness (QED) is 0.869. The molecule has 1 aliphatic heterocycles. The minimum atomic E-state index is -0.660. The lowest BCUT2D eigenvalue weighted by Crippen LogP contribution is -2.56. The van der Waals surface area contributed by atoms with E-state index in [4.69, 9.17) is 4.74 Å². The van der Waals surface area contributed by atoms with E-state index in [1.807, 2.05) is 59.5 Å². The van der Waals surface area contributed by atoms with Crippen LogP contribution in [-0.4, -0.2) is 35.2 Å². The second kappa shape index (κ2) is 7.96. The fourth-order valence-corrected chi connectivity index (χ4v) is 5.05. The molecule has 2 aliphatic rings. The Morgan fingerprint density at radius 3 is 2.57 bits per heavy atom. The van der Waals surface area contributed by atoms with Crippen LogP contribution >= 0.6 is 0 Å². The third-order valence-electron chi connectivity index (χ3n) is 6.54. The number of ether oxygens (including phenoxy) is 1. The number of carbonyl (C=O) groups excluding carboxylic acids is 1. The topological polar surface area (TPSA) is 49.8 Å². The van der Waals surface area contributed by atoms with Crippen molar-refractivity contribution >= 4 is 5.91 Å². The second-order valence-corrected chi connectivity index (χ2v) is 8.17. The van der Waals surface area contributed by atoms with Gasteiger partial charge in [0, 0.05) is 12.5 Å². The van der Waals surface area contributed by atoms with Crippen LogP contribution in [0.2, 0.25) is 0 Å². The molecule has 1 heterocycles. The Kier molecular flexibility index (Phi) is 5.40. The Morgan fingerprint density at radius 1 is 1.11 bits per heavy atom. The Bertz CT molecular complexity index is 804. The molecule has 0 aromatic heterocycles. The third kappa shape index (κ3) is 3.66. The third-order valence-corrected chi connectivity index (χ3v) is 6.54. The first kappa shape index (κ1) is 19.0. The Balaban J connectivity index is 1.66. The van der Waals surface area contributed by atoms with Crippen LogP contribution in [0.25, 0.3) is 0 Å². The summed E-state index contributed by atoms with van der Waals surface area (Å²) >= 11 is 0. The van der Waals surface area contributed by atoms with Crippen molar-refractivity contribution in [3.05, 3.63) is 65.7 Å². The van der Waals surface area contributed by atoms with Crippen LogP contribution in [-0.2, 0) is 11.2 Å². The summed E-state index contributed by atoms with van der Waals surface area (Å²) in [5.41, 5.74) is 1.46. The number of nitrogens with zero attached hydrogens (tertiary/aromatic N) is 1.